The van der Waals surface area contributed by atoms with E-state index in [-0.39, 0.29) is 0 Å². The largest absolute Gasteiger partial charge is 0.339 e. The SMILES string of the molecule is N#Cc1ccccc1Nc1ccnc(N2CCN(c3ncccn3)CC2)n1. The van der Waals surface area contributed by atoms with Crippen molar-refractivity contribution in [3.8, 4) is 6.07 Å². The molecular weight excluding hydrogens is 340 g/mol. The van der Waals surface area contributed by atoms with E-state index in [1.165, 1.54) is 0 Å². The lowest BCUT2D eigenvalue weighted by Gasteiger charge is -2.34. The van der Waals surface area contributed by atoms with Crippen molar-refractivity contribution in [1.29, 1.82) is 5.26 Å². The zero-order valence-corrected chi connectivity index (χ0v) is 14.7. The minimum Gasteiger partial charge on any atom is -0.339 e. The molecule has 8 nitrogen and oxygen atoms in total. The second-order valence-electron chi connectivity index (χ2n) is 6.05. The van der Waals surface area contributed by atoms with E-state index in [4.69, 9.17) is 0 Å². The van der Waals surface area contributed by atoms with Gasteiger partial charge in [0.25, 0.3) is 0 Å². The summed E-state index contributed by atoms with van der Waals surface area (Å²) in [6.07, 6.45) is 5.24. The number of nitrogens with zero attached hydrogens (tertiary/aromatic N) is 7. The van der Waals surface area contributed by atoms with Crippen LogP contribution in [0.15, 0.2) is 55.0 Å². The van der Waals surface area contributed by atoms with Crippen LogP contribution in [0.25, 0.3) is 0 Å². The Morgan fingerprint density at radius 1 is 0.815 bits per heavy atom. The number of hydrogen-bond donors (Lipinski definition) is 1. The van der Waals surface area contributed by atoms with E-state index in [1.54, 1.807) is 30.7 Å². The number of nitriles is 1. The van der Waals surface area contributed by atoms with Gasteiger partial charge in [0.15, 0.2) is 0 Å². The Balaban J connectivity index is 1.45. The van der Waals surface area contributed by atoms with Crippen molar-refractivity contribution in [2.75, 3.05) is 41.3 Å². The topological polar surface area (TPSA) is 93.9 Å². The molecule has 1 N–H and O–H groups in total. The van der Waals surface area contributed by atoms with Gasteiger partial charge in [-0.2, -0.15) is 10.2 Å². The van der Waals surface area contributed by atoms with Crippen LogP contribution in [0.5, 0.6) is 0 Å². The monoisotopic (exact) mass is 358 g/mol. The van der Waals surface area contributed by atoms with E-state index in [0.717, 1.165) is 37.8 Å². The molecule has 1 saturated heterocycles. The average molecular weight is 358 g/mol. The van der Waals surface area contributed by atoms with E-state index in [2.05, 4.69) is 41.1 Å². The van der Waals surface area contributed by atoms with Crippen molar-refractivity contribution in [2.24, 2.45) is 0 Å². The van der Waals surface area contributed by atoms with Crippen LogP contribution in [-0.2, 0) is 0 Å². The molecule has 3 heterocycles. The van der Waals surface area contributed by atoms with Gasteiger partial charge in [-0.05, 0) is 24.3 Å². The van der Waals surface area contributed by atoms with Crippen LogP contribution in [0.3, 0.4) is 0 Å². The van der Waals surface area contributed by atoms with Gasteiger partial charge in [0.2, 0.25) is 11.9 Å². The van der Waals surface area contributed by atoms with Gasteiger partial charge in [0.1, 0.15) is 11.9 Å². The first-order chi connectivity index (χ1) is 13.3. The van der Waals surface area contributed by atoms with Gasteiger partial charge in [-0.25, -0.2) is 15.0 Å². The summed E-state index contributed by atoms with van der Waals surface area (Å²) in [4.78, 5) is 21.9. The van der Waals surface area contributed by atoms with Crippen molar-refractivity contribution in [2.45, 2.75) is 0 Å². The summed E-state index contributed by atoms with van der Waals surface area (Å²) >= 11 is 0. The Kier molecular flexibility index (Phi) is 4.74. The molecule has 27 heavy (non-hydrogen) atoms. The molecule has 0 radical (unpaired) electrons. The molecular formula is C19H18N8. The highest BCUT2D eigenvalue weighted by molar-refractivity contribution is 5.64. The lowest BCUT2D eigenvalue weighted by atomic mass is 10.2. The summed E-state index contributed by atoms with van der Waals surface area (Å²) in [5, 5.41) is 12.4. The average Bonchev–Trinajstić information content (AvgIpc) is 2.75. The van der Waals surface area contributed by atoms with E-state index in [1.807, 2.05) is 24.3 Å². The number of nitrogens with one attached hydrogen (secondary N) is 1. The van der Waals surface area contributed by atoms with E-state index in [0.29, 0.717) is 17.3 Å². The predicted octanol–water partition coefficient (Wildman–Crippen LogP) is 2.21. The van der Waals surface area contributed by atoms with Crippen LogP contribution in [0, 0.1) is 11.3 Å². The fourth-order valence-electron chi connectivity index (χ4n) is 2.96. The maximum Gasteiger partial charge on any atom is 0.227 e. The van der Waals surface area contributed by atoms with E-state index >= 15 is 0 Å². The van der Waals surface area contributed by atoms with Crippen LogP contribution < -0.4 is 15.1 Å². The van der Waals surface area contributed by atoms with Crippen molar-refractivity contribution in [3.05, 3.63) is 60.6 Å². The van der Waals surface area contributed by atoms with Gasteiger partial charge in [0.05, 0.1) is 11.3 Å². The van der Waals surface area contributed by atoms with Gasteiger partial charge in [0, 0.05) is 44.8 Å². The molecule has 0 amide bonds. The zero-order chi connectivity index (χ0) is 18.5. The van der Waals surface area contributed by atoms with Crippen molar-refractivity contribution >= 4 is 23.4 Å². The highest BCUT2D eigenvalue weighted by atomic mass is 15.4. The Morgan fingerprint density at radius 3 is 2.22 bits per heavy atom. The standard InChI is InChI=1S/C19H18N8/c20-14-15-4-1-2-5-16(15)24-17-6-9-23-19(25-17)27-12-10-26(11-13-27)18-21-7-3-8-22-18/h1-9H,10-13H2,(H,23,24,25). The first-order valence-electron chi connectivity index (χ1n) is 8.69. The number of benzene rings is 1. The van der Waals surface area contributed by atoms with Crippen LogP contribution in [-0.4, -0.2) is 46.1 Å². The van der Waals surface area contributed by atoms with Gasteiger partial charge < -0.3 is 15.1 Å². The summed E-state index contributed by atoms with van der Waals surface area (Å²) in [5.74, 6) is 2.08. The summed E-state index contributed by atoms with van der Waals surface area (Å²) in [6, 6.07) is 13.2. The lowest BCUT2D eigenvalue weighted by Crippen LogP contribution is -2.47. The number of hydrogen-bond acceptors (Lipinski definition) is 8. The second kappa shape index (κ2) is 7.66. The molecule has 0 unspecified atom stereocenters. The maximum absolute atomic E-state index is 9.23. The summed E-state index contributed by atoms with van der Waals surface area (Å²) in [6.45, 7) is 3.19. The first kappa shape index (κ1) is 16.7. The number of aromatic nitrogens is 4. The highest BCUT2D eigenvalue weighted by Gasteiger charge is 2.20. The molecule has 0 saturated carbocycles. The van der Waals surface area contributed by atoms with Crippen molar-refractivity contribution < 1.29 is 0 Å². The first-order valence-corrected chi connectivity index (χ1v) is 8.69. The van der Waals surface area contributed by atoms with Crippen molar-refractivity contribution in [3.63, 3.8) is 0 Å². The molecule has 1 aliphatic rings. The second-order valence-corrected chi connectivity index (χ2v) is 6.05. The van der Waals surface area contributed by atoms with Gasteiger partial charge in [-0.1, -0.05) is 12.1 Å². The van der Waals surface area contributed by atoms with Gasteiger partial charge >= 0.3 is 0 Å². The molecule has 0 aliphatic carbocycles. The minimum atomic E-state index is 0.578. The molecule has 8 heteroatoms. The minimum absolute atomic E-state index is 0.578. The Hall–Kier alpha value is -3.73. The van der Waals surface area contributed by atoms with Gasteiger partial charge in [-0.3, -0.25) is 0 Å². The third kappa shape index (κ3) is 3.77. The molecule has 134 valence electrons. The molecule has 1 fully saturated rings. The fraction of sp³-hybridized carbons (Fsp3) is 0.211. The van der Waals surface area contributed by atoms with Crippen molar-refractivity contribution in [1.82, 2.24) is 19.9 Å². The quantitative estimate of drug-likeness (QED) is 0.759. The lowest BCUT2D eigenvalue weighted by molar-refractivity contribution is 0.628. The number of rotatable bonds is 4. The summed E-state index contributed by atoms with van der Waals surface area (Å²) in [7, 11) is 0. The zero-order valence-electron chi connectivity index (χ0n) is 14.7. The molecule has 2 aromatic heterocycles. The van der Waals surface area contributed by atoms with Crippen LogP contribution >= 0.6 is 0 Å². The van der Waals surface area contributed by atoms with Gasteiger partial charge in [-0.15, -0.1) is 0 Å². The number of piperazine rings is 1. The maximum atomic E-state index is 9.23. The van der Waals surface area contributed by atoms with E-state index < -0.39 is 0 Å². The van der Waals surface area contributed by atoms with Crippen LogP contribution in [0.4, 0.5) is 23.4 Å². The van der Waals surface area contributed by atoms with E-state index in [9.17, 15) is 5.26 Å². The predicted molar refractivity (Wildman–Crippen MR) is 103 cm³/mol. The molecule has 0 atom stereocenters. The third-order valence-electron chi connectivity index (χ3n) is 4.35. The summed E-state index contributed by atoms with van der Waals surface area (Å²) in [5.41, 5.74) is 1.31. The van der Waals surface area contributed by atoms with Crippen LogP contribution in [0.1, 0.15) is 5.56 Å². The summed E-state index contributed by atoms with van der Waals surface area (Å²) < 4.78 is 0. The normalized spacial score (nSPS) is 13.9. The highest BCUT2D eigenvalue weighted by Crippen LogP contribution is 2.21. The Bertz CT molecular complexity index is 945. The molecule has 3 aromatic rings. The number of para-hydroxylation sites is 1. The molecule has 4 rings (SSSR count). The molecule has 0 spiro atoms. The fourth-order valence-corrected chi connectivity index (χ4v) is 2.96. The van der Waals surface area contributed by atoms with Crippen LogP contribution in [0.2, 0.25) is 0 Å². The molecule has 0 bridgehead atoms. The smallest absolute Gasteiger partial charge is 0.227 e. The molecule has 1 aliphatic heterocycles. The molecule has 1 aromatic carbocycles. The number of anilines is 4. The Morgan fingerprint density at radius 2 is 1.48 bits per heavy atom. The Labute approximate surface area is 157 Å². The third-order valence-corrected chi connectivity index (χ3v) is 4.35.